The second kappa shape index (κ2) is 5.20. The van der Waals surface area contributed by atoms with E-state index in [0.717, 1.165) is 0 Å². The van der Waals surface area contributed by atoms with E-state index in [0.29, 0.717) is 30.3 Å². The third kappa shape index (κ3) is 3.10. The Bertz CT molecular complexity index is 495. The Labute approximate surface area is 98.1 Å². The molecule has 0 aromatic carbocycles. The lowest BCUT2D eigenvalue weighted by atomic mass is 10.2. The van der Waals surface area contributed by atoms with Crippen LogP contribution in [0.5, 0.6) is 0 Å². The molecule has 0 saturated heterocycles. The molecule has 0 atom stereocenters. The Balaban J connectivity index is 1.81. The monoisotopic (exact) mass is 232 g/mol. The number of pyridine rings is 1. The molecule has 0 saturated carbocycles. The van der Waals surface area contributed by atoms with E-state index in [4.69, 9.17) is 4.42 Å². The van der Waals surface area contributed by atoms with Gasteiger partial charge in [0, 0.05) is 32.3 Å². The van der Waals surface area contributed by atoms with Crippen molar-refractivity contribution < 1.29 is 9.21 Å². The van der Waals surface area contributed by atoms with E-state index in [1.165, 1.54) is 6.20 Å². The van der Waals surface area contributed by atoms with E-state index in [1.54, 1.807) is 25.3 Å². The van der Waals surface area contributed by atoms with Crippen molar-refractivity contribution in [3.8, 4) is 0 Å². The third-order valence-electron chi connectivity index (χ3n) is 2.12. The molecule has 0 spiro atoms. The minimum Gasteiger partial charge on any atom is -0.426 e. The fourth-order valence-corrected chi connectivity index (χ4v) is 1.32. The average Bonchev–Trinajstić information content (AvgIpc) is 2.76. The SMILES string of the molecule is Cc1nnc(CCNC(=O)c2cccnc2)o1. The van der Waals surface area contributed by atoms with Gasteiger partial charge < -0.3 is 9.73 Å². The molecular formula is C11H12N4O2. The van der Waals surface area contributed by atoms with Crippen LogP contribution in [0.15, 0.2) is 28.9 Å². The van der Waals surface area contributed by atoms with Crippen LogP contribution in [0.3, 0.4) is 0 Å². The molecule has 2 aromatic heterocycles. The first kappa shape index (κ1) is 11.3. The molecule has 2 rings (SSSR count). The molecule has 0 bridgehead atoms. The summed E-state index contributed by atoms with van der Waals surface area (Å²) in [6.07, 6.45) is 3.66. The highest BCUT2D eigenvalue weighted by Crippen LogP contribution is 1.98. The van der Waals surface area contributed by atoms with Gasteiger partial charge in [0.1, 0.15) is 0 Å². The molecule has 6 heteroatoms. The van der Waals surface area contributed by atoms with Gasteiger partial charge in [0.15, 0.2) is 0 Å². The van der Waals surface area contributed by atoms with Crippen molar-refractivity contribution in [2.75, 3.05) is 6.54 Å². The van der Waals surface area contributed by atoms with Gasteiger partial charge in [0.05, 0.1) is 5.56 Å². The number of hydrogen-bond acceptors (Lipinski definition) is 5. The third-order valence-corrected chi connectivity index (χ3v) is 2.12. The summed E-state index contributed by atoms with van der Waals surface area (Å²) in [6.45, 7) is 2.18. The van der Waals surface area contributed by atoms with Crippen LogP contribution in [0.4, 0.5) is 0 Å². The van der Waals surface area contributed by atoms with Crippen LogP contribution >= 0.6 is 0 Å². The van der Waals surface area contributed by atoms with Gasteiger partial charge in [0.25, 0.3) is 5.91 Å². The fraction of sp³-hybridized carbons (Fsp3) is 0.273. The zero-order valence-corrected chi connectivity index (χ0v) is 9.38. The largest absolute Gasteiger partial charge is 0.426 e. The topological polar surface area (TPSA) is 80.9 Å². The number of hydrogen-bond donors (Lipinski definition) is 1. The lowest BCUT2D eigenvalue weighted by Gasteiger charge is -2.02. The van der Waals surface area contributed by atoms with Crippen LogP contribution in [0.1, 0.15) is 22.1 Å². The predicted molar refractivity (Wildman–Crippen MR) is 59.3 cm³/mol. The predicted octanol–water partition coefficient (Wildman–Crippen LogP) is 0.746. The van der Waals surface area contributed by atoms with Crippen LogP contribution in [0.25, 0.3) is 0 Å². The molecule has 88 valence electrons. The van der Waals surface area contributed by atoms with Gasteiger partial charge in [-0.05, 0) is 12.1 Å². The number of nitrogens with zero attached hydrogens (tertiary/aromatic N) is 3. The van der Waals surface area contributed by atoms with E-state index in [9.17, 15) is 4.79 Å². The zero-order valence-electron chi connectivity index (χ0n) is 9.38. The first-order chi connectivity index (χ1) is 8.25. The van der Waals surface area contributed by atoms with Gasteiger partial charge >= 0.3 is 0 Å². The van der Waals surface area contributed by atoms with E-state index in [-0.39, 0.29) is 5.91 Å². The van der Waals surface area contributed by atoms with Gasteiger partial charge in [0.2, 0.25) is 11.8 Å². The second-order valence-corrected chi connectivity index (χ2v) is 3.46. The average molecular weight is 232 g/mol. The van der Waals surface area contributed by atoms with Crippen molar-refractivity contribution in [2.45, 2.75) is 13.3 Å². The van der Waals surface area contributed by atoms with Crippen LogP contribution < -0.4 is 5.32 Å². The maximum Gasteiger partial charge on any atom is 0.252 e. The molecule has 6 nitrogen and oxygen atoms in total. The summed E-state index contributed by atoms with van der Waals surface area (Å²) in [4.78, 5) is 15.5. The highest BCUT2D eigenvalue weighted by molar-refractivity contribution is 5.93. The number of carbonyl (C=O) groups is 1. The second-order valence-electron chi connectivity index (χ2n) is 3.46. The van der Waals surface area contributed by atoms with Crippen molar-refractivity contribution in [1.82, 2.24) is 20.5 Å². The Morgan fingerprint density at radius 1 is 1.47 bits per heavy atom. The Kier molecular flexibility index (Phi) is 3.44. The molecular weight excluding hydrogens is 220 g/mol. The Morgan fingerprint density at radius 2 is 2.35 bits per heavy atom. The van der Waals surface area contributed by atoms with Gasteiger partial charge in [-0.25, -0.2) is 0 Å². The van der Waals surface area contributed by atoms with Crippen LogP contribution in [0, 0.1) is 6.92 Å². The van der Waals surface area contributed by atoms with Crippen LogP contribution in [-0.4, -0.2) is 27.6 Å². The van der Waals surface area contributed by atoms with Gasteiger partial charge in [-0.3, -0.25) is 9.78 Å². The minimum atomic E-state index is -0.158. The standard InChI is InChI=1S/C11H12N4O2/c1-8-14-15-10(17-8)4-6-13-11(16)9-3-2-5-12-7-9/h2-3,5,7H,4,6H2,1H3,(H,13,16). The lowest BCUT2D eigenvalue weighted by Crippen LogP contribution is -2.25. The zero-order chi connectivity index (χ0) is 12.1. The van der Waals surface area contributed by atoms with Crippen LogP contribution in [-0.2, 0) is 6.42 Å². The van der Waals surface area contributed by atoms with Crippen molar-refractivity contribution in [3.63, 3.8) is 0 Å². The molecule has 0 unspecified atom stereocenters. The summed E-state index contributed by atoms with van der Waals surface area (Å²) in [6, 6.07) is 3.43. The molecule has 0 aliphatic rings. The highest BCUT2D eigenvalue weighted by atomic mass is 16.4. The molecule has 0 fully saturated rings. The minimum absolute atomic E-state index is 0.158. The smallest absolute Gasteiger partial charge is 0.252 e. The fourth-order valence-electron chi connectivity index (χ4n) is 1.32. The maximum absolute atomic E-state index is 11.6. The van der Waals surface area contributed by atoms with Crippen LogP contribution in [0.2, 0.25) is 0 Å². The first-order valence-corrected chi connectivity index (χ1v) is 5.23. The molecule has 2 heterocycles. The normalized spacial score (nSPS) is 10.2. The van der Waals surface area contributed by atoms with Crippen molar-refractivity contribution in [2.24, 2.45) is 0 Å². The summed E-state index contributed by atoms with van der Waals surface area (Å²) < 4.78 is 5.19. The molecule has 0 aliphatic carbocycles. The van der Waals surface area contributed by atoms with Crippen molar-refractivity contribution >= 4 is 5.91 Å². The molecule has 0 radical (unpaired) electrons. The Hall–Kier alpha value is -2.24. The summed E-state index contributed by atoms with van der Waals surface area (Å²) in [5.41, 5.74) is 0.536. The summed E-state index contributed by atoms with van der Waals surface area (Å²) >= 11 is 0. The van der Waals surface area contributed by atoms with E-state index in [2.05, 4.69) is 20.5 Å². The summed E-state index contributed by atoms with van der Waals surface area (Å²) in [5, 5.41) is 10.3. The molecule has 2 aromatic rings. The van der Waals surface area contributed by atoms with Crippen molar-refractivity contribution in [1.29, 1.82) is 0 Å². The summed E-state index contributed by atoms with van der Waals surface area (Å²) in [5.74, 6) is 0.891. The number of amides is 1. The number of nitrogens with one attached hydrogen (secondary N) is 1. The van der Waals surface area contributed by atoms with E-state index >= 15 is 0 Å². The molecule has 1 amide bonds. The van der Waals surface area contributed by atoms with Gasteiger partial charge in [-0.15, -0.1) is 10.2 Å². The molecule has 0 aliphatic heterocycles. The quantitative estimate of drug-likeness (QED) is 0.841. The van der Waals surface area contributed by atoms with E-state index in [1.807, 2.05) is 0 Å². The van der Waals surface area contributed by atoms with Gasteiger partial charge in [-0.2, -0.15) is 0 Å². The van der Waals surface area contributed by atoms with E-state index < -0.39 is 0 Å². The molecule has 17 heavy (non-hydrogen) atoms. The first-order valence-electron chi connectivity index (χ1n) is 5.23. The lowest BCUT2D eigenvalue weighted by molar-refractivity contribution is 0.0953. The highest BCUT2D eigenvalue weighted by Gasteiger charge is 2.06. The molecule has 1 N–H and O–H groups in total. The number of aromatic nitrogens is 3. The number of aryl methyl sites for hydroxylation is 1. The summed E-state index contributed by atoms with van der Waals surface area (Å²) in [7, 11) is 0. The Morgan fingerprint density at radius 3 is 3.00 bits per heavy atom. The van der Waals surface area contributed by atoms with Gasteiger partial charge in [-0.1, -0.05) is 0 Å². The van der Waals surface area contributed by atoms with Crippen molar-refractivity contribution in [3.05, 3.63) is 41.9 Å². The number of carbonyl (C=O) groups excluding carboxylic acids is 1. The number of rotatable bonds is 4. The maximum atomic E-state index is 11.6.